The van der Waals surface area contributed by atoms with Crippen LogP contribution in [0.1, 0.15) is 18.9 Å². The molecule has 0 amide bonds. The van der Waals surface area contributed by atoms with E-state index >= 15 is 0 Å². The van der Waals surface area contributed by atoms with E-state index in [1.54, 1.807) is 11.3 Å². The molecule has 0 saturated heterocycles. The normalized spacial score (nSPS) is 11.8. The van der Waals surface area contributed by atoms with Gasteiger partial charge in [0.05, 0.1) is 10.7 Å². The maximum Gasteiger partial charge on any atom is 0.0950 e. The molecule has 4 heteroatoms. The van der Waals surface area contributed by atoms with Gasteiger partial charge in [-0.2, -0.15) is 0 Å². The maximum atomic E-state index is 5.98. The molecule has 0 saturated carbocycles. The Bertz CT molecular complexity index is 497. The number of nitrogens with zero attached hydrogens (tertiary/aromatic N) is 1. The van der Waals surface area contributed by atoms with Crippen LogP contribution in [0.4, 0.5) is 0 Å². The molecule has 0 atom stereocenters. The first-order valence-electron chi connectivity index (χ1n) is 5.43. The van der Waals surface area contributed by atoms with Gasteiger partial charge >= 0.3 is 0 Å². The number of benzene rings is 1. The zero-order valence-corrected chi connectivity index (χ0v) is 11.5. The fraction of sp³-hybridized carbons (Fsp3) is 0.308. The molecule has 2 nitrogen and oxygen atoms in total. The van der Waals surface area contributed by atoms with Gasteiger partial charge in [0.15, 0.2) is 0 Å². The number of aromatic nitrogens is 1. The Labute approximate surface area is 110 Å². The summed E-state index contributed by atoms with van der Waals surface area (Å²) in [6, 6.07) is 7.72. The summed E-state index contributed by atoms with van der Waals surface area (Å²) >= 11 is 7.51. The fourth-order valence-corrected chi connectivity index (χ4v) is 2.70. The standard InChI is InChI=1S/C13H15ClN2S/c1-13(2,15)7-12-16-11(8-17-12)9-3-5-10(14)6-4-9/h3-6,8H,7,15H2,1-2H3. The molecule has 0 unspecified atom stereocenters. The second kappa shape index (κ2) is 4.77. The molecule has 2 N–H and O–H groups in total. The molecular weight excluding hydrogens is 252 g/mol. The lowest BCUT2D eigenvalue weighted by molar-refractivity contribution is 0.515. The average Bonchev–Trinajstić information content (AvgIpc) is 2.64. The third-order valence-corrected chi connectivity index (χ3v) is 3.40. The summed E-state index contributed by atoms with van der Waals surface area (Å²) in [5, 5.41) is 3.87. The molecule has 1 aromatic carbocycles. The van der Waals surface area contributed by atoms with Crippen molar-refractivity contribution in [2.75, 3.05) is 0 Å². The largest absolute Gasteiger partial charge is 0.325 e. The van der Waals surface area contributed by atoms with Crippen molar-refractivity contribution in [2.24, 2.45) is 5.73 Å². The van der Waals surface area contributed by atoms with Crippen LogP contribution in [0.5, 0.6) is 0 Å². The number of halogens is 1. The number of hydrogen-bond donors (Lipinski definition) is 1. The number of rotatable bonds is 3. The molecule has 2 aromatic rings. The van der Waals surface area contributed by atoms with Gasteiger partial charge in [-0.1, -0.05) is 23.7 Å². The van der Waals surface area contributed by atoms with Crippen LogP contribution < -0.4 is 5.73 Å². The SMILES string of the molecule is CC(C)(N)Cc1nc(-c2ccc(Cl)cc2)cs1. The van der Waals surface area contributed by atoms with E-state index < -0.39 is 0 Å². The molecule has 0 fully saturated rings. The van der Waals surface area contributed by atoms with Crippen LogP contribution in [0, 0.1) is 0 Å². The second-order valence-corrected chi connectivity index (χ2v) is 6.18. The van der Waals surface area contributed by atoms with E-state index in [-0.39, 0.29) is 5.54 Å². The summed E-state index contributed by atoms with van der Waals surface area (Å²) in [5.74, 6) is 0. The third-order valence-electron chi connectivity index (χ3n) is 2.30. The van der Waals surface area contributed by atoms with E-state index in [4.69, 9.17) is 17.3 Å². The molecule has 0 aliphatic carbocycles. The molecule has 0 spiro atoms. The van der Waals surface area contributed by atoms with E-state index in [0.29, 0.717) is 0 Å². The smallest absolute Gasteiger partial charge is 0.0950 e. The van der Waals surface area contributed by atoms with Crippen LogP contribution >= 0.6 is 22.9 Å². The van der Waals surface area contributed by atoms with Crippen molar-refractivity contribution in [1.82, 2.24) is 4.98 Å². The Hall–Kier alpha value is -0.900. The van der Waals surface area contributed by atoms with Crippen LogP contribution in [0.15, 0.2) is 29.6 Å². The molecular formula is C13H15ClN2S. The van der Waals surface area contributed by atoms with E-state index in [0.717, 1.165) is 27.7 Å². The summed E-state index contributed by atoms with van der Waals surface area (Å²) in [6.07, 6.45) is 0.797. The first-order chi connectivity index (χ1) is 7.94. The van der Waals surface area contributed by atoms with Crippen molar-refractivity contribution >= 4 is 22.9 Å². The predicted molar refractivity (Wildman–Crippen MR) is 74.5 cm³/mol. The van der Waals surface area contributed by atoms with Gasteiger partial charge < -0.3 is 5.73 Å². The summed E-state index contributed by atoms with van der Waals surface area (Å²) in [4.78, 5) is 4.59. The van der Waals surface area contributed by atoms with Gasteiger partial charge in [-0.05, 0) is 26.0 Å². The van der Waals surface area contributed by atoms with Crippen LogP contribution in [0.2, 0.25) is 5.02 Å². The minimum atomic E-state index is -0.213. The van der Waals surface area contributed by atoms with Gasteiger partial charge in [0.25, 0.3) is 0 Å². The van der Waals surface area contributed by atoms with Crippen molar-refractivity contribution in [3.05, 3.63) is 39.7 Å². The quantitative estimate of drug-likeness (QED) is 0.919. The Morgan fingerprint density at radius 2 is 1.94 bits per heavy atom. The lowest BCUT2D eigenvalue weighted by atomic mass is 10.0. The Kier molecular flexibility index (Phi) is 3.52. The van der Waals surface area contributed by atoms with Crippen LogP contribution in [0.25, 0.3) is 11.3 Å². The Morgan fingerprint density at radius 1 is 1.29 bits per heavy atom. The Balaban J connectivity index is 2.21. The highest BCUT2D eigenvalue weighted by atomic mass is 35.5. The number of thiazole rings is 1. The van der Waals surface area contributed by atoms with Crippen LogP contribution in [0.3, 0.4) is 0 Å². The lowest BCUT2D eigenvalue weighted by Crippen LogP contribution is -2.34. The predicted octanol–water partition coefficient (Wildman–Crippen LogP) is 3.74. The average molecular weight is 267 g/mol. The molecule has 0 aliphatic heterocycles. The highest BCUT2D eigenvalue weighted by molar-refractivity contribution is 7.09. The zero-order chi connectivity index (χ0) is 12.5. The summed E-state index contributed by atoms with van der Waals surface area (Å²) < 4.78 is 0. The van der Waals surface area contributed by atoms with Crippen LogP contribution in [-0.4, -0.2) is 10.5 Å². The first kappa shape index (κ1) is 12.6. The van der Waals surface area contributed by atoms with Gasteiger partial charge in [-0.3, -0.25) is 0 Å². The minimum absolute atomic E-state index is 0.213. The Morgan fingerprint density at radius 3 is 2.53 bits per heavy atom. The van der Waals surface area contributed by atoms with Gasteiger partial charge in [0.1, 0.15) is 0 Å². The summed E-state index contributed by atoms with van der Waals surface area (Å²) in [5.41, 5.74) is 7.85. The fourth-order valence-electron chi connectivity index (χ4n) is 1.54. The van der Waals surface area contributed by atoms with Gasteiger partial charge in [0, 0.05) is 27.9 Å². The van der Waals surface area contributed by atoms with Crippen molar-refractivity contribution in [3.63, 3.8) is 0 Å². The monoisotopic (exact) mass is 266 g/mol. The molecule has 1 aromatic heterocycles. The highest BCUT2D eigenvalue weighted by Crippen LogP contribution is 2.24. The molecule has 2 rings (SSSR count). The summed E-state index contributed by atoms with van der Waals surface area (Å²) in [6.45, 7) is 4.02. The van der Waals surface area contributed by atoms with Crippen LogP contribution in [-0.2, 0) is 6.42 Å². The molecule has 90 valence electrons. The third kappa shape index (κ3) is 3.53. The van der Waals surface area contributed by atoms with Gasteiger partial charge in [-0.25, -0.2) is 4.98 Å². The number of nitrogens with two attached hydrogens (primary N) is 1. The molecule has 0 bridgehead atoms. The highest BCUT2D eigenvalue weighted by Gasteiger charge is 2.14. The minimum Gasteiger partial charge on any atom is -0.325 e. The van der Waals surface area contributed by atoms with Crippen molar-refractivity contribution in [1.29, 1.82) is 0 Å². The molecule has 0 radical (unpaired) electrons. The lowest BCUT2D eigenvalue weighted by Gasteiger charge is -2.15. The summed E-state index contributed by atoms with van der Waals surface area (Å²) in [7, 11) is 0. The van der Waals surface area contributed by atoms with Gasteiger partial charge in [-0.15, -0.1) is 11.3 Å². The van der Waals surface area contributed by atoms with E-state index in [2.05, 4.69) is 10.4 Å². The van der Waals surface area contributed by atoms with Crippen molar-refractivity contribution < 1.29 is 0 Å². The van der Waals surface area contributed by atoms with E-state index in [1.807, 2.05) is 38.1 Å². The molecule has 1 heterocycles. The topological polar surface area (TPSA) is 38.9 Å². The van der Waals surface area contributed by atoms with Crippen molar-refractivity contribution in [3.8, 4) is 11.3 Å². The second-order valence-electron chi connectivity index (χ2n) is 4.80. The van der Waals surface area contributed by atoms with Crippen molar-refractivity contribution in [2.45, 2.75) is 25.8 Å². The maximum absolute atomic E-state index is 5.98. The van der Waals surface area contributed by atoms with E-state index in [9.17, 15) is 0 Å². The molecule has 0 aliphatic rings. The van der Waals surface area contributed by atoms with Gasteiger partial charge in [0.2, 0.25) is 0 Å². The zero-order valence-electron chi connectivity index (χ0n) is 9.90. The van der Waals surface area contributed by atoms with E-state index in [1.165, 1.54) is 0 Å². The molecule has 17 heavy (non-hydrogen) atoms. The first-order valence-corrected chi connectivity index (χ1v) is 6.69. The number of hydrogen-bond acceptors (Lipinski definition) is 3.